The van der Waals surface area contributed by atoms with Crippen molar-refractivity contribution in [3.05, 3.63) is 0 Å². The largest absolute Gasteiger partial charge is 0.480 e. The maximum atomic E-state index is 11.3. The fourth-order valence-electron chi connectivity index (χ4n) is 2.91. The highest BCUT2D eigenvalue weighted by Crippen LogP contribution is 2.36. The summed E-state index contributed by atoms with van der Waals surface area (Å²) < 4.78 is 0. The summed E-state index contributed by atoms with van der Waals surface area (Å²) in [5.41, 5.74) is 0. The highest BCUT2D eigenvalue weighted by Gasteiger charge is 2.39. The molecule has 1 heterocycles. The second-order valence-electron chi connectivity index (χ2n) is 4.83. The summed E-state index contributed by atoms with van der Waals surface area (Å²) in [4.78, 5) is 24.2. The van der Waals surface area contributed by atoms with Gasteiger partial charge in [0, 0.05) is 19.4 Å². The Morgan fingerprint density at radius 2 is 2.20 bits per heavy atom. The summed E-state index contributed by atoms with van der Waals surface area (Å²) in [6.07, 6.45) is 2.87. The van der Waals surface area contributed by atoms with Crippen LogP contribution in [0, 0.1) is 11.8 Å². The zero-order valence-electron chi connectivity index (χ0n) is 8.98. The molecular weight excluding hydrogens is 194 g/mol. The first kappa shape index (κ1) is 10.6. The third-order valence-corrected chi connectivity index (χ3v) is 3.82. The van der Waals surface area contributed by atoms with Gasteiger partial charge in [-0.25, -0.2) is 0 Å². The number of fused-ring (bicyclic) bond motifs is 1. The van der Waals surface area contributed by atoms with Gasteiger partial charge in [-0.15, -0.1) is 0 Å². The van der Waals surface area contributed by atoms with E-state index in [0.29, 0.717) is 36.9 Å². The van der Waals surface area contributed by atoms with E-state index in [1.165, 1.54) is 0 Å². The van der Waals surface area contributed by atoms with Gasteiger partial charge in [0.2, 0.25) is 0 Å². The summed E-state index contributed by atoms with van der Waals surface area (Å²) >= 11 is 0. The predicted octanol–water partition coefficient (Wildman–Crippen LogP) is 0.760. The molecule has 1 aliphatic carbocycles. The topological polar surface area (TPSA) is 57.6 Å². The fourth-order valence-corrected chi connectivity index (χ4v) is 2.91. The Labute approximate surface area is 89.3 Å². The molecule has 1 saturated carbocycles. The number of carbonyl (C=O) groups is 2. The second kappa shape index (κ2) is 3.93. The number of ketones is 1. The second-order valence-corrected chi connectivity index (χ2v) is 4.83. The van der Waals surface area contributed by atoms with Crippen LogP contribution in [0.5, 0.6) is 0 Å². The maximum Gasteiger partial charge on any atom is 0.320 e. The van der Waals surface area contributed by atoms with Crippen LogP contribution in [0.3, 0.4) is 0 Å². The highest BCUT2D eigenvalue weighted by molar-refractivity contribution is 5.80. The van der Waals surface area contributed by atoms with Gasteiger partial charge >= 0.3 is 5.97 Å². The number of carbonyl (C=O) groups excluding carboxylic acids is 1. The first-order valence-corrected chi connectivity index (χ1v) is 5.52. The molecular formula is C11H17NO3. The molecule has 2 fully saturated rings. The van der Waals surface area contributed by atoms with Crippen LogP contribution in [0.2, 0.25) is 0 Å². The zero-order chi connectivity index (χ0) is 11.0. The van der Waals surface area contributed by atoms with E-state index in [9.17, 15) is 9.59 Å². The molecule has 1 N–H and O–H groups in total. The molecule has 0 bridgehead atoms. The van der Waals surface area contributed by atoms with Crippen molar-refractivity contribution < 1.29 is 14.7 Å². The van der Waals surface area contributed by atoms with Gasteiger partial charge in [-0.3, -0.25) is 14.5 Å². The Morgan fingerprint density at radius 3 is 2.87 bits per heavy atom. The number of rotatable bonds is 1. The molecule has 0 aromatic carbocycles. The standard InChI is InChI=1S/C11H17NO3/c1-12-6-7-2-3-9(13)4-8(7)5-10(12)11(14)15/h7-8,10H,2-6H2,1H3,(H,14,15). The van der Waals surface area contributed by atoms with Crippen molar-refractivity contribution in [2.24, 2.45) is 11.8 Å². The lowest BCUT2D eigenvalue weighted by molar-refractivity contribution is -0.147. The molecule has 3 atom stereocenters. The minimum atomic E-state index is -0.756. The molecule has 1 aliphatic heterocycles. The SMILES string of the molecule is CN1CC2CCC(=O)CC2CC1C(=O)O. The summed E-state index contributed by atoms with van der Waals surface area (Å²) in [6, 6.07) is -0.392. The Balaban J connectivity index is 2.06. The lowest BCUT2D eigenvalue weighted by atomic mass is 9.72. The van der Waals surface area contributed by atoms with Crippen molar-refractivity contribution in [2.75, 3.05) is 13.6 Å². The lowest BCUT2D eigenvalue weighted by Gasteiger charge is -2.42. The number of piperidine rings is 1. The average Bonchev–Trinajstić information content (AvgIpc) is 2.17. The van der Waals surface area contributed by atoms with Crippen molar-refractivity contribution in [2.45, 2.75) is 31.7 Å². The molecule has 0 amide bonds. The molecule has 2 aliphatic rings. The van der Waals surface area contributed by atoms with Gasteiger partial charge in [-0.1, -0.05) is 0 Å². The Morgan fingerprint density at radius 1 is 1.47 bits per heavy atom. The van der Waals surface area contributed by atoms with Crippen LogP contribution >= 0.6 is 0 Å². The summed E-state index contributed by atoms with van der Waals surface area (Å²) in [6.45, 7) is 0.828. The number of nitrogens with zero attached hydrogens (tertiary/aromatic N) is 1. The van der Waals surface area contributed by atoms with Crippen molar-refractivity contribution in [1.29, 1.82) is 0 Å². The first-order valence-electron chi connectivity index (χ1n) is 5.52. The number of hydrogen-bond acceptors (Lipinski definition) is 3. The van der Waals surface area contributed by atoms with Crippen LogP contribution in [0.25, 0.3) is 0 Å². The normalized spacial score (nSPS) is 37.4. The molecule has 0 aromatic heterocycles. The van der Waals surface area contributed by atoms with E-state index in [-0.39, 0.29) is 0 Å². The number of carboxylic acid groups (broad SMARTS) is 1. The van der Waals surface area contributed by atoms with E-state index in [1.807, 2.05) is 11.9 Å². The first-order chi connectivity index (χ1) is 7.08. The van der Waals surface area contributed by atoms with Crippen molar-refractivity contribution in [1.82, 2.24) is 4.90 Å². The number of likely N-dealkylation sites (tertiary alicyclic amines) is 1. The highest BCUT2D eigenvalue weighted by atomic mass is 16.4. The molecule has 3 unspecified atom stereocenters. The third-order valence-electron chi connectivity index (χ3n) is 3.82. The van der Waals surface area contributed by atoms with Crippen LogP contribution in [0.4, 0.5) is 0 Å². The van der Waals surface area contributed by atoms with Gasteiger partial charge in [0.25, 0.3) is 0 Å². The number of aliphatic carboxylic acids is 1. The molecule has 4 nitrogen and oxygen atoms in total. The number of hydrogen-bond donors (Lipinski definition) is 1. The van der Waals surface area contributed by atoms with Crippen LogP contribution in [-0.4, -0.2) is 41.4 Å². The zero-order valence-corrected chi connectivity index (χ0v) is 8.98. The number of likely N-dealkylation sites (N-methyl/N-ethyl adjacent to an activating group) is 1. The Hall–Kier alpha value is -0.900. The smallest absolute Gasteiger partial charge is 0.320 e. The van der Waals surface area contributed by atoms with E-state index >= 15 is 0 Å². The van der Waals surface area contributed by atoms with Gasteiger partial charge in [0.15, 0.2) is 0 Å². The average molecular weight is 211 g/mol. The van der Waals surface area contributed by atoms with Gasteiger partial charge < -0.3 is 5.11 Å². The van der Waals surface area contributed by atoms with Crippen molar-refractivity contribution in [3.8, 4) is 0 Å². The van der Waals surface area contributed by atoms with E-state index in [2.05, 4.69) is 0 Å². The van der Waals surface area contributed by atoms with Gasteiger partial charge in [-0.05, 0) is 31.7 Å². The monoisotopic (exact) mass is 211 g/mol. The van der Waals surface area contributed by atoms with Crippen LogP contribution < -0.4 is 0 Å². The van der Waals surface area contributed by atoms with Gasteiger partial charge in [-0.2, -0.15) is 0 Å². The number of Topliss-reactive ketones (excluding diaryl/α,β-unsaturated/α-hetero) is 1. The van der Waals surface area contributed by atoms with E-state index < -0.39 is 12.0 Å². The molecule has 4 heteroatoms. The molecule has 1 saturated heterocycles. The third kappa shape index (κ3) is 2.04. The molecule has 84 valence electrons. The molecule has 2 rings (SSSR count). The molecule has 0 aromatic rings. The quantitative estimate of drug-likeness (QED) is 0.695. The minimum Gasteiger partial charge on any atom is -0.480 e. The number of carboxylic acids is 1. The van der Waals surface area contributed by atoms with Crippen molar-refractivity contribution >= 4 is 11.8 Å². The molecule has 0 radical (unpaired) electrons. The molecule has 15 heavy (non-hydrogen) atoms. The summed E-state index contributed by atoms with van der Waals surface area (Å²) in [7, 11) is 1.87. The van der Waals surface area contributed by atoms with E-state index in [1.54, 1.807) is 0 Å². The van der Waals surface area contributed by atoms with E-state index in [0.717, 1.165) is 13.0 Å². The maximum absolute atomic E-state index is 11.3. The van der Waals surface area contributed by atoms with Gasteiger partial charge in [0.1, 0.15) is 11.8 Å². The van der Waals surface area contributed by atoms with E-state index in [4.69, 9.17) is 5.11 Å². The fraction of sp³-hybridized carbons (Fsp3) is 0.818. The van der Waals surface area contributed by atoms with Crippen LogP contribution in [0.1, 0.15) is 25.7 Å². The Bertz CT molecular complexity index is 290. The molecule has 0 spiro atoms. The predicted molar refractivity (Wildman–Crippen MR) is 54.5 cm³/mol. The van der Waals surface area contributed by atoms with Crippen LogP contribution in [-0.2, 0) is 9.59 Å². The van der Waals surface area contributed by atoms with Crippen molar-refractivity contribution in [3.63, 3.8) is 0 Å². The lowest BCUT2D eigenvalue weighted by Crippen LogP contribution is -2.50. The van der Waals surface area contributed by atoms with Crippen LogP contribution in [0.15, 0.2) is 0 Å². The Kier molecular flexibility index (Phi) is 2.78. The summed E-state index contributed by atoms with van der Waals surface area (Å²) in [5, 5.41) is 9.04. The van der Waals surface area contributed by atoms with Gasteiger partial charge in [0.05, 0.1) is 0 Å². The minimum absolute atomic E-state index is 0.309. The summed E-state index contributed by atoms with van der Waals surface area (Å²) in [5.74, 6) is 0.394.